The first-order valence-electron chi connectivity index (χ1n) is 5.23. The molecule has 1 unspecified atom stereocenters. The lowest BCUT2D eigenvalue weighted by Crippen LogP contribution is -2.40. The molecule has 86 valence electrons. The highest BCUT2D eigenvalue weighted by molar-refractivity contribution is 8.01. The third-order valence-corrected chi connectivity index (χ3v) is 3.59. The van der Waals surface area contributed by atoms with Gasteiger partial charge in [-0.25, -0.2) is 0 Å². The van der Waals surface area contributed by atoms with Crippen molar-refractivity contribution in [2.45, 2.75) is 31.4 Å². The summed E-state index contributed by atoms with van der Waals surface area (Å²) >= 11 is 1.20. The third kappa shape index (κ3) is 4.11. The van der Waals surface area contributed by atoms with Gasteiger partial charge in [0, 0.05) is 13.1 Å². The fourth-order valence-corrected chi connectivity index (χ4v) is 2.32. The minimum absolute atomic E-state index is 0.000741. The number of carboxylic acid groups (broad SMARTS) is 1. The van der Waals surface area contributed by atoms with Crippen LogP contribution in [0, 0.1) is 0 Å². The number of hydrogen-bond acceptors (Lipinski definition) is 3. The van der Waals surface area contributed by atoms with Crippen LogP contribution in [0.25, 0.3) is 0 Å². The van der Waals surface area contributed by atoms with Gasteiger partial charge in [0.15, 0.2) is 0 Å². The first-order chi connectivity index (χ1) is 7.11. The van der Waals surface area contributed by atoms with Gasteiger partial charge in [-0.05, 0) is 26.2 Å². The fourth-order valence-electron chi connectivity index (χ4n) is 1.64. The fraction of sp³-hybridized carbons (Fsp3) is 0.800. The van der Waals surface area contributed by atoms with E-state index in [0.717, 1.165) is 25.9 Å². The number of carbonyl (C=O) groups is 2. The minimum atomic E-state index is -0.863. The molecular weight excluding hydrogens is 214 g/mol. The molecule has 0 aliphatic carbocycles. The Morgan fingerprint density at radius 3 is 2.47 bits per heavy atom. The minimum Gasteiger partial charge on any atom is -0.481 e. The van der Waals surface area contributed by atoms with Crippen LogP contribution < -0.4 is 0 Å². The van der Waals surface area contributed by atoms with Gasteiger partial charge < -0.3 is 10.0 Å². The first-order valence-corrected chi connectivity index (χ1v) is 6.28. The van der Waals surface area contributed by atoms with E-state index in [1.807, 2.05) is 4.90 Å². The highest BCUT2D eigenvalue weighted by Crippen LogP contribution is 2.16. The zero-order valence-electron chi connectivity index (χ0n) is 8.94. The molecule has 1 heterocycles. The molecule has 0 radical (unpaired) electrons. The first kappa shape index (κ1) is 12.4. The van der Waals surface area contributed by atoms with Gasteiger partial charge >= 0.3 is 5.97 Å². The summed E-state index contributed by atoms with van der Waals surface area (Å²) in [6.45, 7) is 3.44. The molecule has 1 saturated heterocycles. The number of aliphatic carboxylic acids is 1. The lowest BCUT2D eigenvalue weighted by atomic mass is 10.1. The Bertz CT molecular complexity index is 239. The predicted octanol–water partition coefficient (Wildman–Crippen LogP) is 1.21. The van der Waals surface area contributed by atoms with E-state index in [2.05, 4.69) is 0 Å². The lowest BCUT2D eigenvalue weighted by Gasteiger charge is -2.28. The van der Waals surface area contributed by atoms with Crippen LogP contribution in [0.15, 0.2) is 0 Å². The van der Waals surface area contributed by atoms with Crippen LogP contribution in [0.4, 0.5) is 0 Å². The van der Waals surface area contributed by atoms with Gasteiger partial charge in [-0.3, -0.25) is 9.59 Å². The highest BCUT2D eigenvalue weighted by Gasteiger charge is 2.22. The second-order valence-electron chi connectivity index (χ2n) is 3.73. The van der Waals surface area contributed by atoms with Crippen LogP contribution in [0.3, 0.4) is 0 Å². The predicted molar refractivity (Wildman–Crippen MR) is 60.0 cm³/mol. The van der Waals surface area contributed by atoms with Crippen LogP contribution in [0.5, 0.6) is 0 Å². The van der Waals surface area contributed by atoms with Gasteiger partial charge in [-0.1, -0.05) is 0 Å². The molecule has 1 rings (SSSR count). The number of thioether (sulfide) groups is 1. The van der Waals surface area contributed by atoms with Crippen molar-refractivity contribution < 1.29 is 14.7 Å². The Morgan fingerprint density at radius 1 is 1.33 bits per heavy atom. The summed E-state index contributed by atoms with van der Waals surface area (Å²) in [4.78, 5) is 24.0. The van der Waals surface area contributed by atoms with Crippen LogP contribution in [-0.2, 0) is 9.59 Å². The zero-order chi connectivity index (χ0) is 11.3. The number of hydrogen-bond donors (Lipinski definition) is 1. The van der Waals surface area contributed by atoms with Crippen molar-refractivity contribution in [3.63, 3.8) is 0 Å². The standard InChI is InChI=1S/C10H17NO3S/c1-8(15-7-9(12)13)10(14)11-5-3-2-4-6-11/h8H,2-7H2,1H3,(H,12,13). The summed E-state index contributed by atoms with van der Waals surface area (Å²) in [7, 11) is 0. The van der Waals surface area contributed by atoms with Crippen LogP contribution in [0.1, 0.15) is 26.2 Å². The molecule has 1 N–H and O–H groups in total. The summed E-state index contributed by atoms with van der Waals surface area (Å²) in [5.74, 6) is -0.778. The monoisotopic (exact) mass is 231 g/mol. The van der Waals surface area contributed by atoms with Crippen molar-refractivity contribution in [3.05, 3.63) is 0 Å². The van der Waals surface area contributed by atoms with Crippen molar-refractivity contribution in [1.29, 1.82) is 0 Å². The van der Waals surface area contributed by atoms with Gasteiger partial charge in [0.1, 0.15) is 0 Å². The average molecular weight is 231 g/mol. The number of nitrogens with zero attached hydrogens (tertiary/aromatic N) is 1. The maximum Gasteiger partial charge on any atom is 0.313 e. The maximum atomic E-state index is 11.8. The Morgan fingerprint density at radius 2 is 1.93 bits per heavy atom. The maximum absolute atomic E-state index is 11.8. The Labute approximate surface area is 94.0 Å². The molecule has 1 amide bonds. The third-order valence-electron chi connectivity index (χ3n) is 2.47. The molecule has 0 saturated carbocycles. The summed E-state index contributed by atoms with van der Waals surface area (Å²) in [6.07, 6.45) is 3.34. The van der Waals surface area contributed by atoms with E-state index in [1.54, 1.807) is 6.92 Å². The summed E-state index contributed by atoms with van der Waals surface area (Å²) in [5, 5.41) is 8.27. The van der Waals surface area contributed by atoms with Crippen molar-refractivity contribution in [1.82, 2.24) is 4.90 Å². The number of amides is 1. The van der Waals surface area contributed by atoms with E-state index >= 15 is 0 Å². The largest absolute Gasteiger partial charge is 0.481 e. The van der Waals surface area contributed by atoms with Gasteiger partial charge in [-0.2, -0.15) is 0 Å². The van der Waals surface area contributed by atoms with E-state index in [1.165, 1.54) is 18.2 Å². The molecule has 1 aliphatic heterocycles. The summed E-state index contributed by atoms with van der Waals surface area (Å²) in [5.41, 5.74) is 0. The van der Waals surface area contributed by atoms with Crippen LogP contribution in [-0.4, -0.2) is 46.0 Å². The number of rotatable bonds is 4. The molecule has 0 aromatic carbocycles. The molecule has 0 spiro atoms. The molecule has 15 heavy (non-hydrogen) atoms. The smallest absolute Gasteiger partial charge is 0.313 e. The molecule has 1 atom stereocenters. The number of piperidine rings is 1. The van der Waals surface area contributed by atoms with Crippen molar-refractivity contribution in [2.24, 2.45) is 0 Å². The van der Waals surface area contributed by atoms with Crippen LogP contribution >= 0.6 is 11.8 Å². The van der Waals surface area contributed by atoms with Crippen molar-refractivity contribution >= 4 is 23.6 Å². The molecule has 0 aromatic rings. The quantitative estimate of drug-likeness (QED) is 0.790. The Balaban J connectivity index is 2.33. The number of carboxylic acids is 1. The van der Waals surface area contributed by atoms with Gasteiger partial charge in [0.25, 0.3) is 0 Å². The molecule has 1 aliphatic rings. The average Bonchev–Trinajstić information content (AvgIpc) is 2.26. The molecule has 0 aromatic heterocycles. The zero-order valence-corrected chi connectivity index (χ0v) is 9.76. The molecular formula is C10H17NO3S. The van der Waals surface area contributed by atoms with E-state index in [0.29, 0.717) is 0 Å². The molecule has 1 fully saturated rings. The Hall–Kier alpha value is -0.710. The van der Waals surface area contributed by atoms with Gasteiger partial charge in [0.2, 0.25) is 5.91 Å². The van der Waals surface area contributed by atoms with Gasteiger partial charge in [-0.15, -0.1) is 11.8 Å². The van der Waals surface area contributed by atoms with Crippen molar-refractivity contribution in [2.75, 3.05) is 18.8 Å². The molecule has 4 nitrogen and oxygen atoms in total. The molecule has 5 heteroatoms. The number of carbonyl (C=O) groups excluding carboxylic acids is 1. The summed E-state index contributed by atoms with van der Waals surface area (Å²) in [6, 6.07) is 0. The normalized spacial score (nSPS) is 18.6. The topological polar surface area (TPSA) is 57.6 Å². The second kappa shape index (κ2) is 6.00. The van der Waals surface area contributed by atoms with E-state index in [4.69, 9.17) is 5.11 Å². The SMILES string of the molecule is CC(SCC(=O)O)C(=O)N1CCCCC1. The van der Waals surface area contributed by atoms with Crippen LogP contribution in [0.2, 0.25) is 0 Å². The van der Waals surface area contributed by atoms with Gasteiger partial charge in [0.05, 0.1) is 11.0 Å². The Kier molecular flexibility index (Phi) is 4.94. The highest BCUT2D eigenvalue weighted by atomic mass is 32.2. The van der Waals surface area contributed by atoms with E-state index in [-0.39, 0.29) is 16.9 Å². The summed E-state index contributed by atoms with van der Waals surface area (Å²) < 4.78 is 0. The van der Waals surface area contributed by atoms with E-state index in [9.17, 15) is 9.59 Å². The van der Waals surface area contributed by atoms with E-state index < -0.39 is 5.97 Å². The second-order valence-corrected chi connectivity index (χ2v) is 5.06. The lowest BCUT2D eigenvalue weighted by molar-refractivity contribution is -0.133. The van der Waals surface area contributed by atoms with Crippen molar-refractivity contribution in [3.8, 4) is 0 Å². The number of likely N-dealkylation sites (tertiary alicyclic amines) is 1. The molecule has 0 bridgehead atoms.